The van der Waals surface area contributed by atoms with E-state index in [-0.39, 0.29) is 6.04 Å². The molecule has 4 heteroatoms. The molecule has 1 heterocycles. The topological polar surface area (TPSA) is 15.3 Å². The molecule has 0 bridgehead atoms. The summed E-state index contributed by atoms with van der Waals surface area (Å²) < 4.78 is 26.1. The van der Waals surface area contributed by atoms with Gasteiger partial charge in [0.2, 0.25) is 0 Å². The molecule has 1 fully saturated rings. The quantitative estimate of drug-likeness (QED) is 0.882. The van der Waals surface area contributed by atoms with Gasteiger partial charge in [-0.15, -0.1) is 0 Å². The first-order valence-corrected chi connectivity index (χ1v) is 6.99. The van der Waals surface area contributed by atoms with Crippen LogP contribution in [-0.2, 0) is 0 Å². The summed E-state index contributed by atoms with van der Waals surface area (Å²) >= 11 is 0. The molecule has 1 aliphatic rings. The SMILES string of the molecule is CC(CN1CCCC1)NC(C)c1ccc(F)c(F)c1. The second-order valence-corrected chi connectivity index (χ2v) is 5.47. The molecule has 0 radical (unpaired) electrons. The number of halogens is 2. The van der Waals surface area contributed by atoms with Crippen molar-refractivity contribution in [3.8, 4) is 0 Å². The molecule has 0 amide bonds. The van der Waals surface area contributed by atoms with Gasteiger partial charge in [0.05, 0.1) is 0 Å². The molecule has 1 saturated heterocycles. The number of nitrogens with one attached hydrogen (secondary N) is 1. The zero-order valence-corrected chi connectivity index (χ0v) is 11.6. The van der Waals surface area contributed by atoms with E-state index in [1.165, 1.54) is 38.1 Å². The van der Waals surface area contributed by atoms with Gasteiger partial charge in [0, 0.05) is 18.6 Å². The number of rotatable bonds is 5. The summed E-state index contributed by atoms with van der Waals surface area (Å²) in [4.78, 5) is 2.44. The third-order valence-electron chi connectivity index (χ3n) is 3.71. The van der Waals surface area contributed by atoms with Gasteiger partial charge in [0.1, 0.15) is 0 Å². The average Bonchev–Trinajstić information content (AvgIpc) is 2.85. The van der Waals surface area contributed by atoms with Crippen molar-refractivity contribution in [1.82, 2.24) is 10.2 Å². The van der Waals surface area contributed by atoms with Gasteiger partial charge in [-0.3, -0.25) is 0 Å². The van der Waals surface area contributed by atoms with Crippen LogP contribution in [-0.4, -0.2) is 30.6 Å². The van der Waals surface area contributed by atoms with Gasteiger partial charge in [-0.25, -0.2) is 8.78 Å². The van der Waals surface area contributed by atoms with Crippen molar-refractivity contribution in [2.24, 2.45) is 0 Å². The third kappa shape index (κ3) is 3.98. The van der Waals surface area contributed by atoms with Gasteiger partial charge in [-0.1, -0.05) is 6.07 Å². The molecule has 0 saturated carbocycles. The van der Waals surface area contributed by atoms with E-state index in [0.717, 1.165) is 12.1 Å². The van der Waals surface area contributed by atoms with Gasteiger partial charge in [-0.05, 0) is 57.5 Å². The van der Waals surface area contributed by atoms with Crippen molar-refractivity contribution < 1.29 is 8.78 Å². The summed E-state index contributed by atoms with van der Waals surface area (Å²) in [5.41, 5.74) is 0.784. The molecule has 1 aromatic carbocycles. The molecular formula is C15H22F2N2. The van der Waals surface area contributed by atoms with Crippen LogP contribution >= 0.6 is 0 Å². The van der Waals surface area contributed by atoms with Crippen molar-refractivity contribution in [1.29, 1.82) is 0 Å². The molecular weight excluding hydrogens is 246 g/mol. The summed E-state index contributed by atoms with van der Waals surface area (Å²) in [5, 5.41) is 3.44. The zero-order chi connectivity index (χ0) is 13.8. The summed E-state index contributed by atoms with van der Waals surface area (Å²) in [6.45, 7) is 7.47. The molecule has 0 aromatic heterocycles. The Morgan fingerprint density at radius 3 is 2.47 bits per heavy atom. The minimum absolute atomic E-state index is 0.0210. The maximum absolute atomic E-state index is 13.2. The number of hydrogen-bond donors (Lipinski definition) is 1. The summed E-state index contributed by atoms with van der Waals surface area (Å²) in [6, 6.07) is 4.45. The highest BCUT2D eigenvalue weighted by atomic mass is 19.2. The molecule has 2 rings (SSSR count). The maximum Gasteiger partial charge on any atom is 0.159 e. The maximum atomic E-state index is 13.2. The lowest BCUT2D eigenvalue weighted by molar-refractivity contribution is 0.289. The highest BCUT2D eigenvalue weighted by Gasteiger charge is 2.17. The van der Waals surface area contributed by atoms with E-state index in [9.17, 15) is 8.78 Å². The monoisotopic (exact) mass is 268 g/mol. The highest BCUT2D eigenvalue weighted by molar-refractivity contribution is 5.20. The fourth-order valence-corrected chi connectivity index (χ4v) is 2.71. The van der Waals surface area contributed by atoms with Gasteiger partial charge >= 0.3 is 0 Å². The van der Waals surface area contributed by atoms with Crippen LogP contribution in [0.5, 0.6) is 0 Å². The molecule has 1 N–H and O–H groups in total. The van der Waals surface area contributed by atoms with E-state index < -0.39 is 11.6 Å². The van der Waals surface area contributed by atoms with Crippen LogP contribution in [0.25, 0.3) is 0 Å². The predicted octanol–water partition coefficient (Wildman–Crippen LogP) is 3.10. The molecule has 2 atom stereocenters. The lowest BCUT2D eigenvalue weighted by Crippen LogP contribution is -2.39. The van der Waals surface area contributed by atoms with Gasteiger partial charge < -0.3 is 10.2 Å². The standard InChI is InChI=1S/C15H22F2N2/c1-11(10-19-7-3-4-8-19)18-12(2)13-5-6-14(16)15(17)9-13/h5-6,9,11-12,18H,3-4,7-8,10H2,1-2H3. The zero-order valence-electron chi connectivity index (χ0n) is 11.6. The smallest absolute Gasteiger partial charge is 0.159 e. The van der Waals surface area contributed by atoms with Crippen LogP contribution < -0.4 is 5.32 Å². The van der Waals surface area contributed by atoms with E-state index in [2.05, 4.69) is 17.1 Å². The van der Waals surface area contributed by atoms with Gasteiger partial charge in [-0.2, -0.15) is 0 Å². The normalized spacial score (nSPS) is 19.6. The van der Waals surface area contributed by atoms with Crippen molar-refractivity contribution in [3.63, 3.8) is 0 Å². The third-order valence-corrected chi connectivity index (χ3v) is 3.71. The lowest BCUT2D eigenvalue weighted by atomic mass is 10.1. The second kappa shape index (κ2) is 6.44. The molecule has 2 unspecified atom stereocenters. The lowest BCUT2D eigenvalue weighted by Gasteiger charge is -2.25. The van der Waals surface area contributed by atoms with E-state index in [1.807, 2.05) is 6.92 Å². The molecule has 106 valence electrons. The molecule has 2 nitrogen and oxygen atoms in total. The van der Waals surface area contributed by atoms with Crippen LogP contribution in [0.4, 0.5) is 8.78 Å². The first-order valence-electron chi connectivity index (χ1n) is 6.99. The number of hydrogen-bond acceptors (Lipinski definition) is 2. The summed E-state index contributed by atoms with van der Waals surface area (Å²) in [7, 11) is 0. The van der Waals surface area contributed by atoms with Crippen molar-refractivity contribution in [3.05, 3.63) is 35.4 Å². The van der Waals surface area contributed by atoms with Crippen molar-refractivity contribution in [2.45, 2.75) is 38.8 Å². The van der Waals surface area contributed by atoms with E-state index in [1.54, 1.807) is 6.07 Å². The molecule has 19 heavy (non-hydrogen) atoms. The summed E-state index contributed by atoms with van der Waals surface area (Å²) in [5.74, 6) is -1.57. The van der Waals surface area contributed by atoms with Gasteiger partial charge in [0.25, 0.3) is 0 Å². The van der Waals surface area contributed by atoms with Crippen LogP contribution in [0, 0.1) is 11.6 Å². The first kappa shape index (κ1) is 14.4. The Hall–Kier alpha value is -1.00. The van der Waals surface area contributed by atoms with E-state index in [0.29, 0.717) is 6.04 Å². The molecule has 0 aliphatic carbocycles. The first-order chi connectivity index (χ1) is 9.06. The number of benzene rings is 1. The highest BCUT2D eigenvalue weighted by Crippen LogP contribution is 2.17. The van der Waals surface area contributed by atoms with Crippen LogP contribution in [0.1, 0.15) is 38.3 Å². The number of nitrogens with zero attached hydrogens (tertiary/aromatic N) is 1. The minimum atomic E-state index is -0.791. The van der Waals surface area contributed by atoms with Crippen LogP contribution in [0.2, 0.25) is 0 Å². The van der Waals surface area contributed by atoms with Gasteiger partial charge in [0.15, 0.2) is 11.6 Å². The van der Waals surface area contributed by atoms with Crippen molar-refractivity contribution >= 4 is 0 Å². The second-order valence-electron chi connectivity index (χ2n) is 5.47. The molecule has 1 aromatic rings. The fraction of sp³-hybridized carbons (Fsp3) is 0.600. The Morgan fingerprint density at radius 1 is 1.16 bits per heavy atom. The van der Waals surface area contributed by atoms with Crippen LogP contribution in [0.3, 0.4) is 0 Å². The number of likely N-dealkylation sites (tertiary alicyclic amines) is 1. The Morgan fingerprint density at radius 2 is 1.84 bits per heavy atom. The van der Waals surface area contributed by atoms with Crippen LogP contribution in [0.15, 0.2) is 18.2 Å². The average molecular weight is 268 g/mol. The van der Waals surface area contributed by atoms with Crippen molar-refractivity contribution in [2.75, 3.05) is 19.6 Å². The molecule has 0 spiro atoms. The van der Waals surface area contributed by atoms with E-state index in [4.69, 9.17) is 0 Å². The fourth-order valence-electron chi connectivity index (χ4n) is 2.71. The Balaban J connectivity index is 1.88. The predicted molar refractivity (Wildman–Crippen MR) is 73.0 cm³/mol. The molecule has 1 aliphatic heterocycles. The largest absolute Gasteiger partial charge is 0.306 e. The Bertz CT molecular complexity index is 417. The minimum Gasteiger partial charge on any atom is -0.306 e. The Labute approximate surface area is 113 Å². The summed E-state index contributed by atoms with van der Waals surface area (Å²) in [6.07, 6.45) is 2.57. The Kier molecular flexibility index (Phi) is 4.88. The van der Waals surface area contributed by atoms with E-state index >= 15 is 0 Å².